The molecule has 0 fully saturated rings. The molecule has 0 spiro atoms. The number of nitrogens with zero attached hydrogens (tertiary/aromatic N) is 3. The number of aromatic amines is 1. The number of pyridine rings is 1. The Bertz CT molecular complexity index is 1270. The molecule has 0 aliphatic rings. The van der Waals surface area contributed by atoms with Gasteiger partial charge in [0.1, 0.15) is 4.83 Å². The fourth-order valence-corrected chi connectivity index (χ4v) is 4.93. The van der Waals surface area contributed by atoms with Gasteiger partial charge in [0.25, 0.3) is 0 Å². The van der Waals surface area contributed by atoms with Gasteiger partial charge in [0.2, 0.25) is 0 Å². The first-order valence-electron chi connectivity index (χ1n) is 8.63. The van der Waals surface area contributed by atoms with Crippen molar-refractivity contribution in [1.29, 1.82) is 0 Å². The van der Waals surface area contributed by atoms with Crippen molar-refractivity contribution in [1.82, 2.24) is 19.7 Å². The molecular formula is C20H19N5S. The predicted octanol–water partition coefficient (Wildman–Crippen LogP) is 4.89. The zero-order valence-electron chi connectivity index (χ0n) is 14.9. The molecular weight excluding hydrogens is 342 g/mol. The normalized spacial score (nSPS) is 11.8. The van der Waals surface area contributed by atoms with Crippen LogP contribution < -0.4 is 5.32 Å². The van der Waals surface area contributed by atoms with Gasteiger partial charge in [0.15, 0.2) is 5.82 Å². The van der Waals surface area contributed by atoms with Crippen LogP contribution in [0.25, 0.3) is 31.3 Å². The van der Waals surface area contributed by atoms with Gasteiger partial charge in [0, 0.05) is 36.4 Å². The SMILES string of the molecule is Cc1cc(C)c2c(n1)sc1c(NCc3ccc4[nH]ccc4c3)nn(C)c12. The van der Waals surface area contributed by atoms with E-state index in [1.165, 1.54) is 32.1 Å². The third-order valence-corrected chi connectivity index (χ3v) is 5.91. The number of thiophene rings is 1. The Balaban J connectivity index is 1.55. The van der Waals surface area contributed by atoms with Gasteiger partial charge in [-0.1, -0.05) is 6.07 Å². The number of aromatic nitrogens is 4. The van der Waals surface area contributed by atoms with Crippen molar-refractivity contribution >= 4 is 48.5 Å². The molecule has 0 unspecified atom stereocenters. The smallest absolute Gasteiger partial charge is 0.166 e. The number of hydrogen-bond acceptors (Lipinski definition) is 4. The van der Waals surface area contributed by atoms with Crippen molar-refractivity contribution in [2.75, 3.05) is 5.32 Å². The number of fused-ring (bicyclic) bond motifs is 4. The van der Waals surface area contributed by atoms with Gasteiger partial charge in [-0.05, 0) is 54.6 Å². The van der Waals surface area contributed by atoms with Crippen molar-refractivity contribution in [3.05, 3.63) is 53.3 Å². The molecule has 0 aliphatic carbocycles. The minimum Gasteiger partial charge on any atom is -0.363 e. The molecule has 5 rings (SSSR count). The van der Waals surface area contributed by atoms with Gasteiger partial charge in [-0.15, -0.1) is 11.3 Å². The molecule has 1 aromatic carbocycles. The van der Waals surface area contributed by atoms with Crippen LogP contribution in [0, 0.1) is 13.8 Å². The number of H-pyrrole nitrogens is 1. The summed E-state index contributed by atoms with van der Waals surface area (Å²) in [6.07, 6.45) is 1.97. The summed E-state index contributed by atoms with van der Waals surface area (Å²) in [5.41, 5.74) is 5.88. The first kappa shape index (κ1) is 15.4. The summed E-state index contributed by atoms with van der Waals surface area (Å²) in [4.78, 5) is 9.04. The number of rotatable bonds is 3. The second-order valence-corrected chi connectivity index (χ2v) is 7.76. The Morgan fingerprint density at radius 1 is 1.19 bits per heavy atom. The lowest BCUT2D eigenvalue weighted by Crippen LogP contribution is -2.01. The molecule has 4 aromatic heterocycles. The lowest BCUT2D eigenvalue weighted by atomic mass is 10.1. The Morgan fingerprint density at radius 3 is 2.96 bits per heavy atom. The molecule has 4 heterocycles. The van der Waals surface area contributed by atoms with Crippen LogP contribution in [0.15, 0.2) is 36.5 Å². The summed E-state index contributed by atoms with van der Waals surface area (Å²) in [6, 6.07) is 10.7. The van der Waals surface area contributed by atoms with Gasteiger partial charge < -0.3 is 10.3 Å². The standard InChI is InChI=1S/C20H19N5S/c1-11-8-12(2)23-20-16(11)17-18(26-20)19(24-25(17)3)22-10-13-4-5-15-14(9-13)6-7-21-15/h4-9,21H,10H2,1-3H3,(H,22,24). The van der Waals surface area contributed by atoms with Gasteiger partial charge >= 0.3 is 0 Å². The summed E-state index contributed by atoms with van der Waals surface area (Å²) in [7, 11) is 2.00. The fraction of sp³-hybridized carbons (Fsp3) is 0.200. The molecule has 0 bridgehead atoms. The molecule has 0 aliphatic heterocycles. The Hall–Kier alpha value is -2.86. The largest absolute Gasteiger partial charge is 0.363 e. The lowest BCUT2D eigenvalue weighted by molar-refractivity contribution is 0.799. The number of benzene rings is 1. The second kappa shape index (κ2) is 5.57. The van der Waals surface area contributed by atoms with E-state index >= 15 is 0 Å². The molecule has 0 atom stereocenters. The lowest BCUT2D eigenvalue weighted by Gasteiger charge is -2.04. The molecule has 0 radical (unpaired) electrons. The maximum atomic E-state index is 4.72. The second-order valence-electron chi connectivity index (χ2n) is 6.77. The number of hydrogen-bond donors (Lipinski definition) is 2. The van der Waals surface area contributed by atoms with Crippen molar-refractivity contribution in [3.63, 3.8) is 0 Å². The maximum absolute atomic E-state index is 4.72. The molecule has 5 aromatic rings. The van der Waals surface area contributed by atoms with Gasteiger partial charge in [-0.25, -0.2) is 4.98 Å². The van der Waals surface area contributed by atoms with Crippen molar-refractivity contribution in [2.45, 2.75) is 20.4 Å². The van der Waals surface area contributed by atoms with Crippen molar-refractivity contribution in [2.24, 2.45) is 7.05 Å². The number of aryl methyl sites for hydroxylation is 3. The topological polar surface area (TPSA) is 58.5 Å². The van der Waals surface area contributed by atoms with Crippen LogP contribution in [0.4, 0.5) is 5.82 Å². The summed E-state index contributed by atoms with van der Waals surface area (Å²) in [5.74, 6) is 0.928. The Kier molecular flexibility index (Phi) is 3.30. The number of anilines is 1. The first-order valence-corrected chi connectivity index (χ1v) is 9.45. The minimum absolute atomic E-state index is 0.743. The van der Waals surface area contributed by atoms with Crippen molar-refractivity contribution < 1.29 is 0 Å². The number of nitrogens with one attached hydrogen (secondary N) is 2. The maximum Gasteiger partial charge on any atom is 0.166 e. The average Bonchev–Trinajstić information content (AvgIpc) is 3.28. The molecule has 5 nitrogen and oxygen atoms in total. The van der Waals surface area contributed by atoms with Crippen LogP contribution in [0.2, 0.25) is 0 Å². The molecule has 0 amide bonds. The summed E-state index contributed by atoms with van der Waals surface area (Å²) in [5, 5.41) is 10.7. The minimum atomic E-state index is 0.743. The van der Waals surface area contributed by atoms with E-state index in [1.807, 2.05) is 24.9 Å². The summed E-state index contributed by atoms with van der Waals surface area (Å²) in [6.45, 7) is 4.94. The van der Waals surface area contributed by atoms with Gasteiger partial charge in [0.05, 0.1) is 10.2 Å². The van der Waals surface area contributed by atoms with E-state index in [-0.39, 0.29) is 0 Å². The molecule has 6 heteroatoms. The molecule has 26 heavy (non-hydrogen) atoms. The summed E-state index contributed by atoms with van der Waals surface area (Å²) >= 11 is 1.71. The molecule has 130 valence electrons. The van der Waals surface area contributed by atoms with Crippen LogP contribution >= 0.6 is 11.3 Å². The van der Waals surface area contributed by atoms with E-state index in [2.05, 4.69) is 47.6 Å². The van der Waals surface area contributed by atoms with Crippen LogP contribution in [0.5, 0.6) is 0 Å². The highest BCUT2D eigenvalue weighted by Crippen LogP contribution is 2.38. The predicted molar refractivity (Wildman–Crippen MR) is 109 cm³/mol. The van der Waals surface area contributed by atoms with Gasteiger partial charge in [-0.3, -0.25) is 4.68 Å². The van der Waals surface area contributed by atoms with Gasteiger partial charge in [-0.2, -0.15) is 5.10 Å². The van der Waals surface area contributed by atoms with Crippen LogP contribution in [0.3, 0.4) is 0 Å². The summed E-state index contributed by atoms with van der Waals surface area (Å²) < 4.78 is 3.14. The van der Waals surface area contributed by atoms with E-state index in [9.17, 15) is 0 Å². The Labute approximate surface area is 154 Å². The van der Waals surface area contributed by atoms with Crippen LogP contribution in [-0.2, 0) is 13.6 Å². The van der Waals surface area contributed by atoms with Crippen LogP contribution in [-0.4, -0.2) is 19.7 Å². The highest BCUT2D eigenvalue weighted by molar-refractivity contribution is 7.26. The molecule has 0 saturated carbocycles. The van der Waals surface area contributed by atoms with Crippen LogP contribution in [0.1, 0.15) is 16.8 Å². The fourth-order valence-electron chi connectivity index (χ4n) is 3.65. The van der Waals surface area contributed by atoms with E-state index in [0.29, 0.717) is 0 Å². The zero-order chi connectivity index (χ0) is 17.8. The molecule has 2 N–H and O–H groups in total. The quantitative estimate of drug-likeness (QED) is 0.481. The monoisotopic (exact) mass is 361 g/mol. The van der Waals surface area contributed by atoms with E-state index in [1.54, 1.807) is 11.3 Å². The average molecular weight is 361 g/mol. The van der Waals surface area contributed by atoms with E-state index in [0.717, 1.165) is 28.4 Å². The van der Waals surface area contributed by atoms with E-state index < -0.39 is 0 Å². The van der Waals surface area contributed by atoms with Crippen molar-refractivity contribution in [3.8, 4) is 0 Å². The van der Waals surface area contributed by atoms with E-state index in [4.69, 9.17) is 10.1 Å². The Morgan fingerprint density at radius 2 is 2.08 bits per heavy atom. The third-order valence-electron chi connectivity index (χ3n) is 4.83. The highest BCUT2D eigenvalue weighted by atomic mass is 32.1. The first-order chi connectivity index (χ1) is 12.6. The zero-order valence-corrected chi connectivity index (χ0v) is 15.7. The third kappa shape index (κ3) is 2.29. The molecule has 0 saturated heterocycles. The highest BCUT2D eigenvalue weighted by Gasteiger charge is 2.17.